The maximum Gasteiger partial charge on any atom is 0.451 e. The maximum atomic E-state index is 12.9. The third-order valence-electron chi connectivity index (χ3n) is 4.67. The third kappa shape index (κ3) is 3.90. The average molecular weight is 400 g/mol. The lowest BCUT2D eigenvalue weighted by Crippen LogP contribution is -2.41. The molecule has 2 aromatic rings. The number of likely N-dealkylation sites (tertiary alicyclic amines) is 1. The van der Waals surface area contributed by atoms with E-state index in [-0.39, 0.29) is 5.91 Å². The number of hydrogen-bond donors (Lipinski definition) is 0. The molecule has 0 N–H and O–H groups in total. The molecule has 2 heterocycles. The van der Waals surface area contributed by atoms with Crippen LogP contribution in [0.4, 0.5) is 13.2 Å². The maximum absolute atomic E-state index is 12.9. The van der Waals surface area contributed by atoms with Gasteiger partial charge in [-0.1, -0.05) is 6.07 Å². The van der Waals surface area contributed by atoms with Gasteiger partial charge >= 0.3 is 11.9 Å². The fraction of sp³-hybridized carbons (Fsp3) is 0.471. The van der Waals surface area contributed by atoms with Gasteiger partial charge in [0, 0.05) is 30.6 Å². The number of benzene rings is 1. The summed E-state index contributed by atoms with van der Waals surface area (Å²) in [7, 11) is 1.06. The van der Waals surface area contributed by atoms with Crippen LogP contribution in [0, 0.1) is 0 Å². The highest BCUT2D eigenvalue weighted by molar-refractivity contribution is 7.98. The van der Waals surface area contributed by atoms with Crippen LogP contribution in [-0.4, -0.2) is 44.5 Å². The summed E-state index contributed by atoms with van der Waals surface area (Å²) in [6.45, 7) is 0.717. The van der Waals surface area contributed by atoms with Crippen LogP contribution in [0.2, 0.25) is 0 Å². The van der Waals surface area contributed by atoms with Crippen molar-refractivity contribution in [1.82, 2.24) is 19.2 Å². The second-order valence-electron chi connectivity index (χ2n) is 6.36. The Morgan fingerprint density at radius 2 is 1.93 bits per heavy atom. The predicted molar refractivity (Wildman–Crippen MR) is 94.9 cm³/mol. The van der Waals surface area contributed by atoms with Crippen molar-refractivity contribution in [2.24, 2.45) is 7.05 Å². The SMILES string of the molecule is CSc1cccc(C(=O)N2CCC(n3nc(C(F)(F)F)n(C)c3=O)CC2)c1. The monoisotopic (exact) mass is 400 g/mol. The molecular weight excluding hydrogens is 381 g/mol. The van der Waals surface area contributed by atoms with Gasteiger partial charge in [-0.2, -0.15) is 13.2 Å². The lowest BCUT2D eigenvalue weighted by atomic mass is 10.0. The van der Waals surface area contributed by atoms with Crippen LogP contribution < -0.4 is 5.69 Å². The molecule has 1 aromatic heterocycles. The molecular formula is C17H19F3N4O2S. The van der Waals surface area contributed by atoms with Gasteiger partial charge in [-0.15, -0.1) is 16.9 Å². The molecule has 0 unspecified atom stereocenters. The van der Waals surface area contributed by atoms with Gasteiger partial charge in [-0.3, -0.25) is 9.36 Å². The molecule has 10 heteroatoms. The van der Waals surface area contributed by atoms with E-state index < -0.39 is 23.7 Å². The van der Waals surface area contributed by atoms with E-state index >= 15 is 0 Å². The summed E-state index contributed by atoms with van der Waals surface area (Å²) in [4.78, 5) is 27.4. The Hall–Kier alpha value is -2.23. The Morgan fingerprint density at radius 3 is 2.48 bits per heavy atom. The largest absolute Gasteiger partial charge is 0.451 e. The summed E-state index contributed by atoms with van der Waals surface area (Å²) < 4.78 is 40.2. The fourth-order valence-electron chi connectivity index (χ4n) is 3.19. The topological polar surface area (TPSA) is 60.1 Å². The van der Waals surface area contributed by atoms with Crippen molar-refractivity contribution in [3.05, 3.63) is 46.1 Å². The summed E-state index contributed by atoms with van der Waals surface area (Å²) >= 11 is 1.54. The highest BCUT2D eigenvalue weighted by Gasteiger charge is 2.39. The fourth-order valence-corrected chi connectivity index (χ4v) is 3.65. The highest BCUT2D eigenvalue weighted by Crippen LogP contribution is 2.28. The Labute approximate surface area is 158 Å². The third-order valence-corrected chi connectivity index (χ3v) is 5.40. The van der Waals surface area contributed by atoms with Gasteiger partial charge in [0.1, 0.15) is 0 Å². The molecule has 3 rings (SSSR count). The van der Waals surface area contributed by atoms with Crippen molar-refractivity contribution in [2.75, 3.05) is 19.3 Å². The zero-order chi connectivity index (χ0) is 19.8. The molecule has 0 spiro atoms. The summed E-state index contributed by atoms with van der Waals surface area (Å²) in [6, 6.07) is 6.84. The first-order valence-electron chi connectivity index (χ1n) is 8.38. The van der Waals surface area contributed by atoms with Gasteiger partial charge in [-0.05, 0) is 37.3 Å². The van der Waals surface area contributed by atoms with Crippen LogP contribution in [0.25, 0.3) is 0 Å². The number of carbonyl (C=O) groups excluding carboxylic acids is 1. The Balaban J connectivity index is 1.72. The highest BCUT2D eigenvalue weighted by atomic mass is 32.2. The van der Waals surface area contributed by atoms with Gasteiger partial charge in [-0.25, -0.2) is 9.48 Å². The number of alkyl halides is 3. The number of rotatable bonds is 3. The average Bonchev–Trinajstić information content (AvgIpc) is 2.96. The van der Waals surface area contributed by atoms with Crippen LogP contribution in [-0.2, 0) is 13.2 Å². The minimum absolute atomic E-state index is 0.117. The van der Waals surface area contributed by atoms with Crippen molar-refractivity contribution in [3.8, 4) is 0 Å². The molecule has 6 nitrogen and oxygen atoms in total. The predicted octanol–water partition coefficient (Wildman–Crippen LogP) is 2.80. The minimum atomic E-state index is -4.68. The summed E-state index contributed by atoms with van der Waals surface area (Å²) in [5.74, 6) is -1.33. The van der Waals surface area contributed by atoms with E-state index in [0.29, 0.717) is 36.1 Å². The van der Waals surface area contributed by atoms with Gasteiger partial charge < -0.3 is 4.90 Å². The van der Waals surface area contributed by atoms with Gasteiger partial charge in [0.2, 0.25) is 5.82 Å². The molecule has 0 bridgehead atoms. The van der Waals surface area contributed by atoms with Crippen LogP contribution in [0.1, 0.15) is 35.1 Å². The van der Waals surface area contributed by atoms with E-state index in [1.165, 1.54) is 0 Å². The Kier molecular flexibility index (Phi) is 5.36. The van der Waals surface area contributed by atoms with Crippen molar-refractivity contribution in [2.45, 2.75) is 30.0 Å². The number of thioether (sulfide) groups is 1. The van der Waals surface area contributed by atoms with Crippen LogP contribution in [0.15, 0.2) is 34.0 Å². The molecule has 1 aliphatic rings. The standard InChI is InChI=1S/C17H19F3N4O2S/c1-22-15(17(18,19)20)21-24(16(22)26)12-6-8-23(9-7-12)14(25)11-4-3-5-13(10-11)27-2/h3-5,10,12H,6-9H2,1-2H3. The first-order valence-corrected chi connectivity index (χ1v) is 9.61. The molecule has 1 aliphatic heterocycles. The normalized spacial score (nSPS) is 16.0. The second kappa shape index (κ2) is 7.41. The lowest BCUT2D eigenvalue weighted by molar-refractivity contribution is -0.147. The number of piperidine rings is 1. The number of amides is 1. The Bertz CT molecular complexity index is 898. The molecule has 0 aliphatic carbocycles. The first-order chi connectivity index (χ1) is 12.7. The number of halogens is 3. The van der Waals surface area contributed by atoms with E-state index in [1.807, 2.05) is 24.5 Å². The molecule has 1 amide bonds. The summed E-state index contributed by atoms with van der Waals surface area (Å²) in [6.07, 6.45) is -2.00. The van der Waals surface area contributed by atoms with E-state index in [0.717, 1.165) is 16.6 Å². The summed E-state index contributed by atoms with van der Waals surface area (Å²) in [5, 5.41) is 3.49. The zero-order valence-electron chi connectivity index (χ0n) is 14.9. The molecule has 1 aromatic carbocycles. The number of nitrogens with zero attached hydrogens (tertiary/aromatic N) is 4. The van der Waals surface area contributed by atoms with Gasteiger partial charge in [0.25, 0.3) is 5.91 Å². The van der Waals surface area contributed by atoms with Crippen molar-refractivity contribution < 1.29 is 18.0 Å². The number of aromatic nitrogens is 3. The second-order valence-corrected chi connectivity index (χ2v) is 7.24. The van der Waals surface area contributed by atoms with Crippen LogP contribution >= 0.6 is 11.8 Å². The summed E-state index contributed by atoms with van der Waals surface area (Å²) in [5.41, 5.74) is -0.213. The van der Waals surface area contributed by atoms with Crippen molar-refractivity contribution in [3.63, 3.8) is 0 Å². The lowest BCUT2D eigenvalue weighted by Gasteiger charge is -2.31. The first kappa shape index (κ1) is 19.5. The number of carbonyl (C=O) groups is 1. The van der Waals surface area contributed by atoms with E-state index in [2.05, 4.69) is 5.10 Å². The van der Waals surface area contributed by atoms with Gasteiger partial charge in [0.15, 0.2) is 0 Å². The van der Waals surface area contributed by atoms with Crippen LogP contribution in [0.3, 0.4) is 0 Å². The zero-order valence-corrected chi connectivity index (χ0v) is 15.7. The van der Waals surface area contributed by atoms with Gasteiger partial charge in [0.05, 0.1) is 6.04 Å². The molecule has 0 atom stereocenters. The van der Waals surface area contributed by atoms with E-state index in [9.17, 15) is 22.8 Å². The molecule has 1 fully saturated rings. The molecule has 0 radical (unpaired) electrons. The molecule has 27 heavy (non-hydrogen) atoms. The number of hydrogen-bond acceptors (Lipinski definition) is 4. The molecule has 1 saturated heterocycles. The van der Waals surface area contributed by atoms with E-state index in [1.54, 1.807) is 22.7 Å². The Morgan fingerprint density at radius 1 is 1.26 bits per heavy atom. The quantitative estimate of drug-likeness (QED) is 0.744. The minimum Gasteiger partial charge on any atom is -0.338 e. The molecule has 146 valence electrons. The van der Waals surface area contributed by atoms with Crippen molar-refractivity contribution in [1.29, 1.82) is 0 Å². The van der Waals surface area contributed by atoms with Crippen LogP contribution in [0.5, 0.6) is 0 Å². The van der Waals surface area contributed by atoms with E-state index in [4.69, 9.17) is 0 Å². The molecule has 0 saturated carbocycles. The van der Waals surface area contributed by atoms with Crippen molar-refractivity contribution >= 4 is 17.7 Å². The smallest absolute Gasteiger partial charge is 0.338 e.